The molecule has 0 saturated heterocycles. The lowest BCUT2D eigenvalue weighted by Gasteiger charge is -2.03. The highest BCUT2D eigenvalue weighted by atomic mass is 32.1. The van der Waals surface area contributed by atoms with Gasteiger partial charge in [0.15, 0.2) is 0 Å². The van der Waals surface area contributed by atoms with Gasteiger partial charge in [-0.05, 0) is 36.8 Å². The Labute approximate surface area is 145 Å². The number of thiazole rings is 1. The molecule has 1 heterocycles. The summed E-state index contributed by atoms with van der Waals surface area (Å²) in [6.07, 6.45) is 0. The average Bonchev–Trinajstić information content (AvgIpc) is 3.12. The Morgan fingerprint density at radius 3 is 2.58 bits per heavy atom. The molecular weight excluding hydrogens is 320 g/mol. The Hall–Kier alpha value is -2.66. The first-order chi connectivity index (χ1) is 11.8. The van der Waals surface area contributed by atoms with E-state index in [1.807, 2.05) is 61.5 Å². The van der Waals surface area contributed by atoms with Crippen LogP contribution in [-0.4, -0.2) is 17.5 Å². The van der Waals surface area contributed by atoms with Gasteiger partial charge < -0.3 is 10.1 Å². The number of rotatable bonds is 6. The number of carbonyl (C=O) groups excluding carboxylic acids is 1. The molecule has 2 aromatic carbocycles. The van der Waals surface area contributed by atoms with Gasteiger partial charge in [-0.2, -0.15) is 0 Å². The maximum atomic E-state index is 12.2. The van der Waals surface area contributed by atoms with E-state index >= 15 is 0 Å². The fraction of sp³-hybridized carbons (Fsp3) is 0.158. The molecule has 0 saturated carbocycles. The minimum Gasteiger partial charge on any atom is -0.494 e. The van der Waals surface area contributed by atoms with E-state index in [1.54, 1.807) is 5.38 Å². The van der Waals surface area contributed by atoms with Gasteiger partial charge >= 0.3 is 0 Å². The quantitative estimate of drug-likeness (QED) is 0.735. The van der Waals surface area contributed by atoms with Crippen molar-refractivity contribution in [2.75, 3.05) is 6.61 Å². The van der Waals surface area contributed by atoms with Crippen LogP contribution in [0.2, 0.25) is 0 Å². The second-order valence-corrected chi connectivity index (χ2v) is 6.02. The molecule has 0 aliphatic carbocycles. The first-order valence-corrected chi connectivity index (χ1v) is 8.65. The van der Waals surface area contributed by atoms with E-state index in [9.17, 15) is 4.79 Å². The van der Waals surface area contributed by atoms with Crippen LogP contribution in [-0.2, 0) is 6.54 Å². The predicted molar refractivity (Wildman–Crippen MR) is 96.3 cm³/mol. The molecule has 5 heteroatoms. The third-order valence-corrected chi connectivity index (χ3v) is 4.34. The van der Waals surface area contributed by atoms with Crippen LogP contribution >= 0.6 is 11.3 Å². The van der Waals surface area contributed by atoms with Crippen LogP contribution in [0, 0.1) is 0 Å². The van der Waals surface area contributed by atoms with Gasteiger partial charge in [0.1, 0.15) is 16.5 Å². The van der Waals surface area contributed by atoms with E-state index in [1.165, 1.54) is 11.3 Å². The van der Waals surface area contributed by atoms with Gasteiger partial charge in [0.05, 0.1) is 6.61 Å². The van der Waals surface area contributed by atoms with Gasteiger partial charge in [-0.1, -0.05) is 30.3 Å². The number of aromatic nitrogens is 1. The highest BCUT2D eigenvalue weighted by molar-refractivity contribution is 7.13. The molecule has 3 aromatic rings. The molecule has 0 radical (unpaired) electrons. The van der Waals surface area contributed by atoms with E-state index in [-0.39, 0.29) is 5.91 Å². The van der Waals surface area contributed by atoms with Gasteiger partial charge in [0.2, 0.25) is 0 Å². The maximum Gasteiger partial charge on any atom is 0.271 e. The Bertz CT molecular complexity index is 798. The summed E-state index contributed by atoms with van der Waals surface area (Å²) >= 11 is 1.46. The van der Waals surface area contributed by atoms with E-state index in [0.717, 1.165) is 21.9 Å². The molecule has 0 spiro atoms. The molecule has 3 rings (SSSR count). The zero-order valence-electron chi connectivity index (χ0n) is 13.4. The van der Waals surface area contributed by atoms with Crippen LogP contribution in [0.15, 0.2) is 60.0 Å². The highest BCUT2D eigenvalue weighted by Gasteiger charge is 2.11. The summed E-state index contributed by atoms with van der Waals surface area (Å²) in [5.74, 6) is 0.672. The summed E-state index contributed by atoms with van der Waals surface area (Å²) in [5, 5.41) is 5.50. The maximum absolute atomic E-state index is 12.2. The van der Waals surface area contributed by atoms with Gasteiger partial charge in [-0.15, -0.1) is 11.3 Å². The Morgan fingerprint density at radius 1 is 1.12 bits per heavy atom. The Balaban J connectivity index is 1.65. The normalized spacial score (nSPS) is 10.4. The number of amides is 1. The standard InChI is InChI=1S/C19H18N2O2S/c1-2-23-16-10-8-15(9-11-16)19-21-17(13-24-19)18(22)20-12-14-6-4-3-5-7-14/h3-11,13H,2,12H2,1H3,(H,20,22). The predicted octanol–water partition coefficient (Wildman–Crippen LogP) is 4.14. The summed E-state index contributed by atoms with van der Waals surface area (Å²) in [4.78, 5) is 16.6. The molecule has 0 fully saturated rings. The molecule has 0 unspecified atom stereocenters. The van der Waals surface area contributed by atoms with Crippen molar-refractivity contribution in [3.8, 4) is 16.3 Å². The molecule has 4 nitrogen and oxygen atoms in total. The van der Waals surface area contributed by atoms with Gasteiger partial charge in [-0.3, -0.25) is 4.79 Å². The lowest BCUT2D eigenvalue weighted by atomic mass is 10.2. The largest absolute Gasteiger partial charge is 0.494 e. The molecule has 122 valence electrons. The molecule has 24 heavy (non-hydrogen) atoms. The number of carbonyl (C=O) groups is 1. The van der Waals surface area contributed by atoms with Crippen LogP contribution in [0.3, 0.4) is 0 Å². The number of nitrogens with one attached hydrogen (secondary N) is 1. The van der Waals surface area contributed by atoms with Crippen molar-refractivity contribution in [3.05, 3.63) is 71.2 Å². The van der Waals surface area contributed by atoms with Gasteiger partial charge in [0.25, 0.3) is 5.91 Å². The van der Waals surface area contributed by atoms with Crippen molar-refractivity contribution in [2.24, 2.45) is 0 Å². The second kappa shape index (κ2) is 7.75. The van der Waals surface area contributed by atoms with E-state index in [2.05, 4.69) is 10.3 Å². The fourth-order valence-corrected chi connectivity index (χ4v) is 3.05. The molecule has 0 bridgehead atoms. The summed E-state index contributed by atoms with van der Waals surface area (Å²) in [7, 11) is 0. The summed E-state index contributed by atoms with van der Waals surface area (Å²) < 4.78 is 5.43. The Morgan fingerprint density at radius 2 is 1.88 bits per heavy atom. The van der Waals surface area contributed by atoms with Crippen LogP contribution in [0.5, 0.6) is 5.75 Å². The molecule has 0 atom stereocenters. The number of nitrogens with zero attached hydrogens (tertiary/aromatic N) is 1. The van der Waals surface area contributed by atoms with Crippen molar-refractivity contribution >= 4 is 17.2 Å². The topological polar surface area (TPSA) is 51.2 Å². The molecule has 0 aliphatic heterocycles. The van der Waals surface area contributed by atoms with Crippen molar-refractivity contribution in [2.45, 2.75) is 13.5 Å². The summed E-state index contributed by atoms with van der Waals surface area (Å²) in [6.45, 7) is 3.09. The molecule has 1 aromatic heterocycles. The van der Waals surface area contributed by atoms with Gasteiger partial charge in [0, 0.05) is 17.5 Å². The van der Waals surface area contributed by atoms with Crippen molar-refractivity contribution in [1.29, 1.82) is 0 Å². The van der Waals surface area contributed by atoms with Crippen LogP contribution in [0.4, 0.5) is 0 Å². The van der Waals surface area contributed by atoms with Crippen molar-refractivity contribution in [1.82, 2.24) is 10.3 Å². The van der Waals surface area contributed by atoms with Gasteiger partial charge in [-0.25, -0.2) is 4.98 Å². The number of benzene rings is 2. The minimum atomic E-state index is -0.160. The highest BCUT2D eigenvalue weighted by Crippen LogP contribution is 2.25. The van der Waals surface area contributed by atoms with Crippen molar-refractivity contribution < 1.29 is 9.53 Å². The summed E-state index contributed by atoms with van der Waals surface area (Å²) in [6, 6.07) is 17.5. The molecule has 1 N–H and O–H groups in total. The first-order valence-electron chi connectivity index (χ1n) is 7.77. The van der Waals surface area contributed by atoms with Crippen LogP contribution in [0.25, 0.3) is 10.6 Å². The van der Waals surface area contributed by atoms with Crippen molar-refractivity contribution in [3.63, 3.8) is 0 Å². The Kier molecular flexibility index (Phi) is 5.23. The van der Waals surface area contributed by atoms with E-state index in [0.29, 0.717) is 18.8 Å². The average molecular weight is 338 g/mol. The number of hydrogen-bond donors (Lipinski definition) is 1. The fourth-order valence-electron chi connectivity index (χ4n) is 2.24. The van der Waals surface area contributed by atoms with E-state index < -0.39 is 0 Å². The van der Waals surface area contributed by atoms with Crippen LogP contribution < -0.4 is 10.1 Å². The third-order valence-electron chi connectivity index (χ3n) is 3.44. The smallest absolute Gasteiger partial charge is 0.271 e. The molecule has 1 amide bonds. The third kappa shape index (κ3) is 4.00. The lowest BCUT2D eigenvalue weighted by Crippen LogP contribution is -2.23. The zero-order chi connectivity index (χ0) is 16.8. The summed E-state index contributed by atoms with van der Waals surface area (Å²) in [5.41, 5.74) is 2.48. The minimum absolute atomic E-state index is 0.160. The second-order valence-electron chi connectivity index (χ2n) is 5.16. The molecule has 0 aliphatic rings. The number of hydrogen-bond acceptors (Lipinski definition) is 4. The lowest BCUT2D eigenvalue weighted by molar-refractivity contribution is 0.0946. The number of ether oxygens (including phenoxy) is 1. The monoisotopic (exact) mass is 338 g/mol. The molecular formula is C19H18N2O2S. The van der Waals surface area contributed by atoms with E-state index in [4.69, 9.17) is 4.74 Å². The van der Waals surface area contributed by atoms with Crippen LogP contribution in [0.1, 0.15) is 23.0 Å². The first kappa shape index (κ1) is 16.2. The SMILES string of the molecule is CCOc1ccc(-c2nc(C(=O)NCc3ccccc3)cs2)cc1. The zero-order valence-corrected chi connectivity index (χ0v) is 14.2.